The number of amides is 1. The van der Waals surface area contributed by atoms with Gasteiger partial charge in [-0.3, -0.25) is 9.52 Å². The fourth-order valence-electron chi connectivity index (χ4n) is 2.61. The van der Waals surface area contributed by atoms with Crippen LogP contribution in [-0.2, 0) is 20.0 Å². The van der Waals surface area contributed by atoms with Crippen LogP contribution in [0.5, 0.6) is 5.75 Å². The van der Waals surface area contributed by atoms with E-state index in [1.807, 2.05) is 0 Å². The number of rotatable bonds is 8. The van der Waals surface area contributed by atoms with Crippen LogP contribution < -0.4 is 19.5 Å². The van der Waals surface area contributed by atoms with Gasteiger partial charge in [0.05, 0.1) is 22.5 Å². The lowest BCUT2D eigenvalue weighted by Crippen LogP contribution is -2.20. The minimum atomic E-state index is -4.07. The highest BCUT2D eigenvalue weighted by atomic mass is 32.2. The van der Waals surface area contributed by atoms with Crippen molar-refractivity contribution in [1.82, 2.24) is 15.3 Å². The lowest BCUT2D eigenvalue weighted by molar-refractivity contribution is 0.0960. The van der Waals surface area contributed by atoms with Crippen molar-refractivity contribution in [1.29, 1.82) is 0 Å². The Bertz CT molecular complexity index is 1330. The summed E-state index contributed by atoms with van der Waals surface area (Å²) in [7, 11) is -5.26. The van der Waals surface area contributed by atoms with Crippen LogP contribution in [-0.4, -0.2) is 46.9 Å². The van der Waals surface area contributed by atoms with Gasteiger partial charge in [-0.25, -0.2) is 31.5 Å². The molecule has 11 nitrogen and oxygen atoms in total. The third-order valence-electron chi connectivity index (χ3n) is 4.16. The summed E-state index contributed by atoms with van der Waals surface area (Å²) in [6.45, 7) is 0. The van der Waals surface area contributed by atoms with Crippen molar-refractivity contribution >= 4 is 37.6 Å². The molecule has 1 aromatic heterocycles. The van der Waals surface area contributed by atoms with E-state index in [2.05, 4.69) is 24.7 Å². The number of anilines is 2. The first-order valence-corrected chi connectivity index (χ1v) is 12.0. The molecule has 168 valence electrons. The Hall–Kier alpha value is -3.71. The monoisotopic (exact) mass is 477 g/mol. The average Bonchev–Trinajstić information content (AvgIpc) is 2.78. The van der Waals surface area contributed by atoms with E-state index < -0.39 is 26.0 Å². The zero-order valence-electron chi connectivity index (χ0n) is 16.9. The highest BCUT2D eigenvalue weighted by molar-refractivity contribution is 7.93. The predicted octanol–water partition coefficient (Wildman–Crippen LogP) is 1.45. The molecule has 0 aliphatic rings. The number of hydrogen-bond acceptors (Lipinski definition) is 8. The summed E-state index contributed by atoms with van der Waals surface area (Å²) in [5.74, 6) is -0.389. The molecule has 1 amide bonds. The van der Waals surface area contributed by atoms with Gasteiger partial charge in [-0.15, -0.1) is 0 Å². The van der Waals surface area contributed by atoms with Gasteiger partial charge in [-0.1, -0.05) is 0 Å². The van der Waals surface area contributed by atoms with Gasteiger partial charge in [0.2, 0.25) is 5.95 Å². The summed E-state index contributed by atoms with van der Waals surface area (Å²) < 4.78 is 60.0. The van der Waals surface area contributed by atoms with E-state index in [9.17, 15) is 21.6 Å². The highest BCUT2D eigenvalue weighted by Crippen LogP contribution is 2.25. The fraction of sp³-hybridized carbons (Fsp3) is 0.105. The summed E-state index contributed by atoms with van der Waals surface area (Å²) in [5.41, 5.74) is 0.172. The van der Waals surface area contributed by atoms with Gasteiger partial charge in [0.25, 0.3) is 26.0 Å². The van der Waals surface area contributed by atoms with Crippen LogP contribution in [0.1, 0.15) is 10.4 Å². The SMILES string of the molecule is CNC(=O)c1cc(S(=O)(=O)Nc2ccc(S(=O)(=O)Nc3ncccn3)cc2)ccc1OC. The second-order valence-corrected chi connectivity index (χ2v) is 9.61. The number of nitrogens with zero attached hydrogens (tertiary/aromatic N) is 2. The quantitative estimate of drug-likeness (QED) is 0.440. The molecule has 3 aromatic rings. The van der Waals surface area contributed by atoms with Crippen molar-refractivity contribution in [3.63, 3.8) is 0 Å². The van der Waals surface area contributed by atoms with Crippen LogP contribution in [0.25, 0.3) is 0 Å². The molecular weight excluding hydrogens is 458 g/mol. The zero-order valence-corrected chi connectivity index (χ0v) is 18.6. The number of methoxy groups -OCH3 is 1. The maximum absolute atomic E-state index is 12.8. The summed E-state index contributed by atoms with van der Waals surface area (Å²) in [6.07, 6.45) is 2.77. The van der Waals surface area contributed by atoms with Crippen LogP contribution in [0.15, 0.2) is 70.7 Å². The van der Waals surface area contributed by atoms with Crippen molar-refractivity contribution < 1.29 is 26.4 Å². The van der Waals surface area contributed by atoms with Gasteiger partial charge in [-0.05, 0) is 48.5 Å². The molecule has 13 heteroatoms. The first kappa shape index (κ1) is 23.0. The molecule has 0 aliphatic heterocycles. The molecule has 0 saturated heterocycles. The lowest BCUT2D eigenvalue weighted by Gasteiger charge is -2.12. The number of nitrogens with one attached hydrogen (secondary N) is 3. The van der Waals surface area contributed by atoms with Crippen molar-refractivity contribution in [2.75, 3.05) is 23.6 Å². The minimum Gasteiger partial charge on any atom is -0.496 e. The number of aromatic nitrogens is 2. The molecule has 1 heterocycles. The van der Waals surface area contributed by atoms with Gasteiger partial charge in [-0.2, -0.15) is 0 Å². The topological polar surface area (TPSA) is 156 Å². The summed E-state index contributed by atoms with van der Waals surface area (Å²) >= 11 is 0. The molecule has 0 bridgehead atoms. The average molecular weight is 478 g/mol. The molecule has 0 saturated carbocycles. The normalized spacial score (nSPS) is 11.4. The fourth-order valence-corrected chi connectivity index (χ4v) is 4.66. The first-order chi connectivity index (χ1) is 15.2. The molecular formula is C19H19N5O6S2. The minimum absolute atomic E-state index is 0.0496. The second kappa shape index (κ2) is 9.20. The molecule has 0 unspecified atom stereocenters. The second-order valence-electron chi connectivity index (χ2n) is 6.25. The first-order valence-electron chi connectivity index (χ1n) is 8.99. The van der Waals surface area contributed by atoms with E-state index in [1.54, 1.807) is 6.07 Å². The van der Waals surface area contributed by atoms with E-state index in [-0.39, 0.29) is 32.7 Å². The van der Waals surface area contributed by atoms with E-state index >= 15 is 0 Å². The van der Waals surface area contributed by atoms with Crippen LogP contribution in [0.3, 0.4) is 0 Å². The van der Waals surface area contributed by atoms with Gasteiger partial charge in [0.1, 0.15) is 5.75 Å². The highest BCUT2D eigenvalue weighted by Gasteiger charge is 2.20. The Balaban J connectivity index is 1.82. The van der Waals surface area contributed by atoms with Crippen LogP contribution in [0, 0.1) is 0 Å². The summed E-state index contributed by atoms with van der Waals surface area (Å²) in [4.78, 5) is 19.3. The number of ether oxygens (including phenoxy) is 1. The smallest absolute Gasteiger partial charge is 0.264 e. The number of benzene rings is 2. The van der Waals surface area contributed by atoms with Crippen molar-refractivity contribution in [3.8, 4) is 5.75 Å². The number of sulfonamides is 2. The Labute approximate surface area is 185 Å². The van der Waals surface area contributed by atoms with E-state index in [1.165, 1.54) is 69.0 Å². The largest absolute Gasteiger partial charge is 0.496 e. The summed E-state index contributed by atoms with van der Waals surface area (Å²) in [5, 5.41) is 2.42. The number of hydrogen-bond donors (Lipinski definition) is 3. The number of carbonyl (C=O) groups is 1. The Morgan fingerprint density at radius 2 is 1.47 bits per heavy atom. The van der Waals surface area contributed by atoms with Crippen LogP contribution in [0.2, 0.25) is 0 Å². The van der Waals surface area contributed by atoms with Crippen molar-refractivity contribution in [2.45, 2.75) is 9.79 Å². The molecule has 0 spiro atoms. The third-order valence-corrected chi connectivity index (χ3v) is 6.88. The zero-order chi connectivity index (χ0) is 23.4. The van der Waals surface area contributed by atoms with Crippen molar-refractivity contribution in [2.24, 2.45) is 0 Å². The molecule has 2 aromatic carbocycles. The Kier molecular flexibility index (Phi) is 6.60. The van der Waals surface area contributed by atoms with Gasteiger partial charge >= 0.3 is 0 Å². The summed E-state index contributed by atoms with van der Waals surface area (Å²) in [6, 6.07) is 10.4. The third kappa shape index (κ3) is 5.12. The maximum Gasteiger partial charge on any atom is 0.264 e. The van der Waals surface area contributed by atoms with Crippen LogP contribution >= 0.6 is 0 Å². The molecule has 0 radical (unpaired) electrons. The van der Waals surface area contributed by atoms with Gasteiger partial charge in [0.15, 0.2) is 0 Å². The van der Waals surface area contributed by atoms with Crippen molar-refractivity contribution in [3.05, 3.63) is 66.5 Å². The van der Waals surface area contributed by atoms with E-state index in [4.69, 9.17) is 4.74 Å². The molecule has 0 fully saturated rings. The maximum atomic E-state index is 12.8. The standard InChI is InChI=1S/C19H19N5O6S2/c1-20-18(25)16-12-15(8-9-17(16)30-2)32(28,29)23-13-4-6-14(7-5-13)31(26,27)24-19-21-10-3-11-22-19/h3-12,23H,1-2H3,(H,20,25)(H,21,22,24). The molecule has 3 rings (SSSR count). The predicted molar refractivity (Wildman–Crippen MR) is 116 cm³/mol. The van der Waals surface area contributed by atoms with E-state index in [0.29, 0.717) is 0 Å². The lowest BCUT2D eigenvalue weighted by atomic mass is 10.2. The van der Waals surface area contributed by atoms with E-state index in [0.717, 1.165) is 0 Å². The Morgan fingerprint density at radius 3 is 2.06 bits per heavy atom. The van der Waals surface area contributed by atoms with Crippen LogP contribution in [0.4, 0.5) is 11.6 Å². The molecule has 32 heavy (non-hydrogen) atoms. The van der Waals surface area contributed by atoms with Gasteiger partial charge < -0.3 is 10.1 Å². The Morgan fingerprint density at radius 1 is 0.875 bits per heavy atom. The number of carbonyl (C=O) groups excluding carboxylic acids is 1. The van der Waals surface area contributed by atoms with Gasteiger partial charge in [0, 0.05) is 25.1 Å². The molecule has 0 atom stereocenters. The molecule has 0 aliphatic carbocycles. The molecule has 3 N–H and O–H groups in total.